The molecule has 1 N–H and O–H groups in total. The highest BCUT2D eigenvalue weighted by Gasteiger charge is 2.10. The zero-order valence-electron chi connectivity index (χ0n) is 8.85. The molecule has 0 fully saturated rings. The van der Waals surface area contributed by atoms with Crippen molar-refractivity contribution >= 4 is 15.9 Å². The molecule has 1 unspecified atom stereocenters. The first-order valence-electron chi connectivity index (χ1n) is 5.05. The highest BCUT2D eigenvalue weighted by atomic mass is 79.9. The Kier molecular flexibility index (Phi) is 3.81. The first-order valence-corrected chi connectivity index (χ1v) is 5.84. The van der Waals surface area contributed by atoms with Crippen LogP contribution in [0.1, 0.15) is 17.2 Å². The van der Waals surface area contributed by atoms with Crippen LogP contribution in [0.15, 0.2) is 41.1 Å². The van der Waals surface area contributed by atoms with Crippen molar-refractivity contribution in [3.63, 3.8) is 0 Å². The standard InChI is InChI=1S/C12H10BrFN2O/c13-10-5-8(1-2-11(10)14)6-12(17)9-3-4-15-16-7-9/h1-5,7,12,17H,6H2. The van der Waals surface area contributed by atoms with Crippen molar-refractivity contribution in [2.75, 3.05) is 0 Å². The van der Waals surface area contributed by atoms with E-state index >= 15 is 0 Å². The molecule has 0 saturated heterocycles. The Hall–Kier alpha value is -1.33. The highest BCUT2D eigenvalue weighted by Crippen LogP contribution is 2.21. The van der Waals surface area contributed by atoms with E-state index < -0.39 is 6.10 Å². The van der Waals surface area contributed by atoms with Crippen LogP contribution in [0.2, 0.25) is 0 Å². The van der Waals surface area contributed by atoms with Gasteiger partial charge in [0.1, 0.15) is 5.82 Å². The van der Waals surface area contributed by atoms with E-state index in [0.29, 0.717) is 16.5 Å². The van der Waals surface area contributed by atoms with Gasteiger partial charge in [-0.3, -0.25) is 0 Å². The lowest BCUT2D eigenvalue weighted by Crippen LogP contribution is -2.02. The van der Waals surface area contributed by atoms with Gasteiger partial charge in [-0.05, 0) is 39.7 Å². The van der Waals surface area contributed by atoms with Gasteiger partial charge in [-0.25, -0.2) is 4.39 Å². The first-order chi connectivity index (χ1) is 8.16. The Balaban J connectivity index is 2.13. The first kappa shape index (κ1) is 12.1. The van der Waals surface area contributed by atoms with Gasteiger partial charge in [0, 0.05) is 18.2 Å². The molecule has 1 aromatic carbocycles. The van der Waals surface area contributed by atoms with Gasteiger partial charge in [-0.15, -0.1) is 0 Å². The molecule has 0 bridgehead atoms. The number of halogens is 2. The monoisotopic (exact) mass is 296 g/mol. The van der Waals surface area contributed by atoms with Crippen LogP contribution in [0, 0.1) is 5.82 Å². The molecule has 1 aromatic heterocycles. The van der Waals surface area contributed by atoms with Crippen molar-refractivity contribution in [3.8, 4) is 0 Å². The van der Waals surface area contributed by atoms with E-state index in [0.717, 1.165) is 5.56 Å². The summed E-state index contributed by atoms with van der Waals surface area (Å²) in [5.74, 6) is -0.311. The second kappa shape index (κ2) is 5.33. The van der Waals surface area contributed by atoms with Gasteiger partial charge in [-0.2, -0.15) is 10.2 Å². The zero-order valence-corrected chi connectivity index (χ0v) is 10.4. The van der Waals surface area contributed by atoms with Gasteiger partial charge in [0.15, 0.2) is 0 Å². The predicted octanol–water partition coefficient (Wildman–Crippen LogP) is 2.65. The molecule has 0 aliphatic heterocycles. The lowest BCUT2D eigenvalue weighted by Gasteiger charge is -2.10. The van der Waals surface area contributed by atoms with Crippen molar-refractivity contribution in [2.24, 2.45) is 0 Å². The zero-order chi connectivity index (χ0) is 12.3. The molecule has 0 saturated carbocycles. The van der Waals surface area contributed by atoms with E-state index in [1.165, 1.54) is 18.5 Å². The minimum Gasteiger partial charge on any atom is -0.388 e. The van der Waals surface area contributed by atoms with E-state index in [-0.39, 0.29) is 5.82 Å². The van der Waals surface area contributed by atoms with E-state index in [1.807, 2.05) is 0 Å². The Labute approximate surface area is 106 Å². The molecule has 5 heteroatoms. The van der Waals surface area contributed by atoms with Gasteiger partial charge in [-0.1, -0.05) is 6.07 Å². The van der Waals surface area contributed by atoms with Gasteiger partial charge < -0.3 is 5.11 Å². The minimum atomic E-state index is -0.664. The summed E-state index contributed by atoms with van der Waals surface area (Å²) in [5, 5.41) is 17.3. The lowest BCUT2D eigenvalue weighted by molar-refractivity contribution is 0.178. The van der Waals surface area contributed by atoms with Gasteiger partial charge in [0.25, 0.3) is 0 Å². The van der Waals surface area contributed by atoms with E-state index in [1.54, 1.807) is 18.2 Å². The van der Waals surface area contributed by atoms with Crippen molar-refractivity contribution in [3.05, 3.63) is 58.1 Å². The van der Waals surface area contributed by atoms with E-state index in [9.17, 15) is 9.50 Å². The fourth-order valence-electron chi connectivity index (χ4n) is 1.51. The third-order valence-electron chi connectivity index (χ3n) is 2.40. The number of rotatable bonds is 3. The number of benzene rings is 1. The lowest BCUT2D eigenvalue weighted by atomic mass is 10.0. The number of aromatic nitrogens is 2. The Morgan fingerprint density at radius 1 is 1.29 bits per heavy atom. The molecule has 1 atom stereocenters. The molecule has 0 aliphatic rings. The van der Waals surface area contributed by atoms with Crippen molar-refractivity contribution in [1.82, 2.24) is 10.2 Å². The molecule has 0 amide bonds. The van der Waals surface area contributed by atoms with Crippen LogP contribution >= 0.6 is 15.9 Å². The molecule has 3 nitrogen and oxygen atoms in total. The fourth-order valence-corrected chi connectivity index (χ4v) is 1.93. The average Bonchev–Trinajstić information content (AvgIpc) is 2.35. The molecule has 1 heterocycles. The number of aliphatic hydroxyl groups is 1. The van der Waals surface area contributed by atoms with Gasteiger partial charge >= 0.3 is 0 Å². The number of nitrogens with zero attached hydrogens (tertiary/aromatic N) is 2. The van der Waals surface area contributed by atoms with Crippen LogP contribution in [0.25, 0.3) is 0 Å². The van der Waals surface area contributed by atoms with E-state index in [4.69, 9.17) is 0 Å². The maximum absolute atomic E-state index is 13.0. The molecule has 0 spiro atoms. The Bertz CT molecular complexity index is 507. The largest absolute Gasteiger partial charge is 0.388 e. The second-order valence-electron chi connectivity index (χ2n) is 3.64. The summed E-state index contributed by atoms with van der Waals surface area (Å²) in [6, 6.07) is 6.39. The third kappa shape index (κ3) is 3.08. The number of hydrogen-bond donors (Lipinski definition) is 1. The normalized spacial score (nSPS) is 12.4. The topological polar surface area (TPSA) is 46.0 Å². The Morgan fingerprint density at radius 2 is 2.12 bits per heavy atom. The van der Waals surface area contributed by atoms with Crippen molar-refractivity contribution < 1.29 is 9.50 Å². The molecule has 2 aromatic rings. The quantitative estimate of drug-likeness (QED) is 0.947. The summed E-state index contributed by atoms with van der Waals surface area (Å²) in [6.45, 7) is 0. The van der Waals surface area contributed by atoms with Crippen LogP contribution in [0.5, 0.6) is 0 Å². The average molecular weight is 297 g/mol. The maximum Gasteiger partial charge on any atom is 0.137 e. The maximum atomic E-state index is 13.0. The summed E-state index contributed by atoms with van der Waals surface area (Å²) in [5.41, 5.74) is 1.54. The molecule has 88 valence electrons. The molecule has 0 radical (unpaired) electrons. The fraction of sp³-hybridized carbons (Fsp3) is 0.167. The van der Waals surface area contributed by atoms with Gasteiger partial charge in [0.05, 0.1) is 16.8 Å². The summed E-state index contributed by atoms with van der Waals surface area (Å²) >= 11 is 3.11. The van der Waals surface area contributed by atoms with Crippen molar-refractivity contribution in [1.29, 1.82) is 0 Å². The van der Waals surface area contributed by atoms with Crippen LogP contribution in [0.4, 0.5) is 4.39 Å². The molecule has 17 heavy (non-hydrogen) atoms. The third-order valence-corrected chi connectivity index (χ3v) is 3.01. The van der Waals surface area contributed by atoms with Crippen LogP contribution < -0.4 is 0 Å². The Morgan fingerprint density at radius 3 is 2.76 bits per heavy atom. The van der Waals surface area contributed by atoms with Crippen molar-refractivity contribution in [2.45, 2.75) is 12.5 Å². The molecular weight excluding hydrogens is 287 g/mol. The number of aliphatic hydroxyl groups excluding tert-OH is 1. The summed E-state index contributed by atoms with van der Waals surface area (Å²) < 4.78 is 13.4. The minimum absolute atomic E-state index is 0.311. The molecular formula is C12H10BrFN2O. The molecule has 0 aliphatic carbocycles. The predicted molar refractivity (Wildman–Crippen MR) is 64.8 cm³/mol. The summed E-state index contributed by atoms with van der Waals surface area (Å²) in [6.07, 6.45) is 2.79. The highest BCUT2D eigenvalue weighted by molar-refractivity contribution is 9.10. The molecule has 2 rings (SSSR count). The smallest absolute Gasteiger partial charge is 0.137 e. The summed E-state index contributed by atoms with van der Waals surface area (Å²) in [4.78, 5) is 0. The summed E-state index contributed by atoms with van der Waals surface area (Å²) in [7, 11) is 0. The van der Waals surface area contributed by atoms with E-state index in [2.05, 4.69) is 26.1 Å². The number of hydrogen-bond acceptors (Lipinski definition) is 3. The van der Waals surface area contributed by atoms with Crippen LogP contribution in [-0.2, 0) is 6.42 Å². The van der Waals surface area contributed by atoms with Crippen LogP contribution in [0.3, 0.4) is 0 Å². The SMILES string of the molecule is OC(Cc1ccc(F)c(Br)c1)c1ccnnc1. The van der Waals surface area contributed by atoms with Crippen LogP contribution in [-0.4, -0.2) is 15.3 Å². The second-order valence-corrected chi connectivity index (χ2v) is 4.50. The van der Waals surface area contributed by atoms with Gasteiger partial charge in [0.2, 0.25) is 0 Å².